The van der Waals surface area contributed by atoms with E-state index >= 15 is 0 Å². The van der Waals surface area contributed by atoms with Gasteiger partial charge in [-0.3, -0.25) is 19.3 Å². The van der Waals surface area contributed by atoms with E-state index in [4.69, 9.17) is 5.11 Å². The van der Waals surface area contributed by atoms with Gasteiger partial charge in [-0.05, 0) is 12.8 Å². The fourth-order valence-corrected chi connectivity index (χ4v) is 1.71. The summed E-state index contributed by atoms with van der Waals surface area (Å²) in [6.07, 6.45) is 0.608. The largest absolute Gasteiger partial charge is 0.396 e. The fraction of sp³-hybridized carbons (Fsp3) is 0.750. The summed E-state index contributed by atoms with van der Waals surface area (Å²) in [4.78, 5) is 35.4. The highest BCUT2D eigenvalue weighted by Crippen LogP contribution is 2.11. The number of aliphatic hydroxyl groups is 1. The number of imide groups is 1. The normalized spacial score (nSPS) is 18.9. The molecule has 18 heavy (non-hydrogen) atoms. The zero-order valence-electron chi connectivity index (χ0n) is 10.8. The molecule has 0 aliphatic carbocycles. The average Bonchev–Trinajstić information content (AvgIpc) is 2.65. The van der Waals surface area contributed by atoms with Crippen LogP contribution >= 0.6 is 0 Å². The number of carbonyl (C=O) groups excluding carboxylic acids is 3. The van der Waals surface area contributed by atoms with Gasteiger partial charge in [-0.1, -0.05) is 6.92 Å². The van der Waals surface area contributed by atoms with E-state index in [0.717, 1.165) is 4.90 Å². The molecule has 0 radical (unpaired) electrons. The standard InChI is InChI=1S/C12H20N2O4/c1-8(7-15)9(2)13-10(16)5-6-14-11(17)3-4-12(14)18/h8-9,15H,3-7H2,1-2H3,(H,13,16). The predicted molar refractivity (Wildman–Crippen MR) is 64.4 cm³/mol. The second-order valence-corrected chi connectivity index (χ2v) is 4.71. The number of carbonyl (C=O) groups is 3. The minimum atomic E-state index is -0.213. The summed E-state index contributed by atoms with van der Waals surface area (Å²) in [5, 5.41) is 11.7. The van der Waals surface area contributed by atoms with Crippen LogP contribution in [0, 0.1) is 5.92 Å². The van der Waals surface area contributed by atoms with Crippen molar-refractivity contribution in [1.29, 1.82) is 0 Å². The maximum atomic E-state index is 11.6. The summed E-state index contributed by atoms with van der Waals surface area (Å²) >= 11 is 0. The number of likely N-dealkylation sites (tertiary alicyclic amines) is 1. The number of nitrogens with zero attached hydrogens (tertiary/aromatic N) is 1. The first-order valence-electron chi connectivity index (χ1n) is 6.19. The van der Waals surface area contributed by atoms with Crippen LogP contribution in [0.3, 0.4) is 0 Å². The maximum absolute atomic E-state index is 11.6. The Bertz CT molecular complexity index is 327. The van der Waals surface area contributed by atoms with Crippen LogP contribution in [-0.2, 0) is 14.4 Å². The number of hydrogen-bond acceptors (Lipinski definition) is 4. The highest BCUT2D eigenvalue weighted by atomic mass is 16.3. The number of amides is 3. The molecule has 0 aromatic heterocycles. The molecule has 1 aliphatic rings. The van der Waals surface area contributed by atoms with Gasteiger partial charge >= 0.3 is 0 Å². The third-order valence-electron chi connectivity index (χ3n) is 3.25. The number of aliphatic hydroxyl groups excluding tert-OH is 1. The van der Waals surface area contributed by atoms with Gasteiger partial charge < -0.3 is 10.4 Å². The summed E-state index contributed by atoms with van der Waals surface area (Å²) in [6, 6.07) is -0.132. The molecular weight excluding hydrogens is 236 g/mol. The third kappa shape index (κ3) is 3.80. The molecule has 2 atom stereocenters. The van der Waals surface area contributed by atoms with E-state index in [9.17, 15) is 14.4 Å². The summed E-state index contributed by atoms with van der Waals surface area (Å²) in [5.74, 6) is -0.645. The Morgan fingerprint density at radius 1 is 1.33 bits per heavy atom. The first kappa shape index (κ1) is 14.6. The molecule has 0 spiro atoms. The first-order chi connectivity index (χ1) is 8.45. The fourth-order valence-electron chi connectivity index (χ4n) is 1.71. The molecule has 2 unspecified atom stereocenters. The van der Waals surface area contributed by atoms with Gasteiger partial charge in [0.2, 0.25) is 17.7 Å². The van der Waals surface area contributed by atoms with Gasteiger partial charge in [-0.25, -0.2) is 0 Å². The molecule has 1 rings (SSSR count). The van der Waals surface area contributed by atoms with Crippen LogP contribution in [0.15, 0.2) is 0 Å². The van der Waals surface area contributed by atoms with E-state index in [2.05, 4.69) is 5.32 Å². The molecule has 2 N–H and O–H groups in total. The highest BCUT2D eigenvalue weighted by molar-refractivity contribution is 6.02. The molecule has 1 fully saturated rings. The lowest BCUT2D eigenvalue weighted by atomic mass is 10.1. The van der Waals surface area contributed by atoms with Crippen LogP contribution in [0.1, 0.15) is 33.1 Å². The Hall–Kier alpha value is -1.43. The Morgan fingerprint density at radius 3 is 2.39 bits per heavy atom. The van der Waals surface area contributed by atoms with E-state index in [0.29, 0.717) is 0 Å². The van der Waals surface area contributed by atoms with Crippen LogP contribution in [-0.4, -0.2) is 46.9 Å². The molecule has 0 saturated carbocycles. The van der Waals surface area contributed by atoms with Gasteiger partial charge in [0.25, 0.3) is 0 Å². The van der Waals surface area contributed by atoms with Crippen molar-refractivity contribution in [3.05, 3.63) is 0 Å². The minimum absolute atomic E-state index is 0.00451. The molecule has 0 bridgehead atoms. The van der Waals surface area contributed by atoms with E-state index in [-0.39, 0.29) is 62.1 Å². The maximum Gasteiger partial charge on any atom is 0.229 e. The lowest BCUT2D eigenvalue weighted by Gasteiger charge is -2.20. The van der Waals surface area contributed by atoms with Crippen LogP contribution < -0.4 is 5.32 Å². The van der Waals surface area contributed by atoms with Gasteiger partial charge in [0, 0.05) is 38.5 Å². The van der Waals surface area contributed by atoms with E-state index in [1.165, 1.54) is 0 Å². The van der Waals surface area contributed by atoms with Gasteiger partial charge in [-0.15, -0.1) is 0 Å². The molecule has 1 saturated heterocycles. The zero-order chi connectivity index (χ0) is 13.7. The number of nitrogens with one attached hydrogen (secondary N) is 1. The zero-order valence-corrected chi connectivity index (χ0v) is 10.8. The Balaban J connectivity index is 2.33. The van der Waals surface area contributed by atoms with E-state index in [1.54, 1.807) is 0 Å². The lowest BCUT2D eigenvalue weighted by Crippen LogP contribution is -2.40. The summed E-state index contributed by atoms with van der Waals surface area (Å²) < 4.78 is 0. The molecule has 1 heterocycles. The second kappa shape index (κ2) is 6.49. The minimum Gasteiger partial charge on any atom is -0.396 e. The highest BCUT2D eigenvalue weighted by Gasteiger charge is 2.28. The van der Waals surface area contributed by atoms with E-state index < -0.39 is 0 Å². The van der Waals surface area contributed by atoms with Crippen molar-refractivity contribution >= 4 is 17.7 Å². The van der Waals surface area contributed by atoms with Crippen LogP contribution in [0.4, 0.5) is 0 Å². The van der Waals surface area contributed by atoms with Crippen molar-refractivity contribution < 1.29 is 19.5 Å². The van der Waals surface area contributed by atoms with Gasteiger partial charge in [0.1, 0.15) is 0 Å². The van der Waals surface area contributed by atoms with Crippen molar-refractivity contribution in [2.75, 3.05) is 13.2 Å². The topological polar surface area (TPSA) is 86.7 Å². The third-order valence-corrected chi connectivity index (χ3v) is 3.25. The Labute approximate surface area is 106 Å². The summed E-state index contributed by atoms with van der Waals surface area (Å²) in [7, 11) is 0. The molecule has 102 valence electrons. The molecule has 0 aromatic carbocycles. The monoisotopic (exact) mass is 256 g/mol. The van der Waals surface area contributed by atoms with Crippen molar-refractivity contribution in [2.24, 2.45) is 5.92 Å². The van der Waals surface area contributed by atoms with Gasteiger partial charge in [0.05, 0.1) is 0 Å². The Kier molecular flexibility index (Phi) is 5.27. The molecule has 1 aliphatic heterocycles. The smallest absolute Gasteiger partial charge is 0.229 e. The van der Waals surface area contributed by atoms with Crippen LogP contribution in [0.5, 0.6) is 0 Å². The van der Waals surface area contributed by atoms with Crippen molar-refractivity contribution in [3.63, 3.8) is 0 Å². The molecule has 0 aromatic rings. The van der Waals surface area contributed by atoms with Gasteiger partial charge in [-0.2, -0.15) is 0 Å². The average molecular weight is 256 g/mol. The molecule has 6 heteroatoms. The van der Waals surface area contributed by atoms with Crippen LogP contribution in [0.2, 0.25) is 0 Å². The molecular formula is C12H20N2O4. The van der Waals surface area contributed by atoms with Crippen molar-refractivity contribution in [3.8, 4) is 0 Å². The summed E-state index contributed by atoms with van der Waals surface area (Å²) in [5.41, 5.74) is 0. The summed E-state index contributed by atoms with van der Waals surface area (Å²) in [6.45, 7) is 3.79. The van der Waals surface area contributed by atoms with Crippen molar-refractivity contribution in [2.45, 2.75) is 39.2 Å². The van der Waals surface area contributed by atoms with Crippen LogP contribution in [0.25, 0.3) is 0 Å². The quantitative estimate of drug-likeness (QED) is 0.636. The van der Waals surface area contributed by atoms with Gasteiger partial charge in [0.15, 0.2) is 0 Å². The van der Waals surface area contributed by atoms with Crippen molar-refractivity contribution in [1.82, 2.24) is 10.2 Å². The lowest BCUT2D eigenvalue weighted by molar-refractivity contribution is -0.138. The Morgan fingerprint density at radius 2 is 1.89 bits per heavy atom. The van der Waals surface area contributed by atoms with E-state index in [1.807, 2.05) is 13.8 Å². The number of hydrogen-bond donors (Lipinski definition) is 2. The SMILES string of the molecule is CC(CO)C(C)NC(=O)CCN1C(=O)CCC1=O. The number of rotatable bonds is 6. The first-order valence-corrected chi connectivity index (χ1v) is 6.19. The predicted octanol–water partition coefficient (Wildman–Crippen LogP) is -0.341. The molecule has 6 nitrogen and oxygen atoms in total. The second-order valence-electron chi connectivity index (χ2n) is 4.71. The molecule has 3 amide bonds.